The number of likely N-dealkylation sites (tertiary alicyclic amines) is 1. The predicted molar refractivity (Wildman–Crippen MR) is 195 cm³/mol. The summed E-state index contributed by atoms with van der Waals surface area (Å²) in [5.74, 6) is 1.58. The highest BCUT2D eigenvalue weighted by molar-refractivity contribution is 6.07. The van der Waals surface area contributed by atoms with Gasteiger partial charge in [-0.2, -0.15) is 0 Å². The molecule has 8 atom stereocenters. The molecule has 0 bridgehead atoms. The summed E-state index contributed by atoms with van der Waals surface area (Å²) in [6, 6.07) is 0. The van der Waals surface area contributed by atoms with Crippen LogP contribution in [0.3, 0.4) is 0 Å². The molecule has 0 radical (unpaired) electrons. The number of ether oxygens (including phenoxy) is 2. The van der Waals surface area contributed by atoms with E-state index in [9.17, 15) is 19.2 Å². The molecule has 0 N–H and O–H groups in total. The molecular weight excluding hydrogens is 626 g/mol. The fraction of sp³-hybridized carbons (Fsp3) is 0.860. The van der Waals surface area contributed by atoms with Crippen molar-refractivity contribution in [1.82, 2.24) is 4.90 Å². The van der Waals surface area contributed by atoms with Crippen molar-refractivity contribution in [1.29, 1.82) is 0 Å². The Bertz CT molecular complexity index is 1440. The van der Waals surface area contributed by atoms with Gasteiger partial charge in [-0.3, -0.25) is 19.2 Å². The Labute approximate surface area is 302 Å². The van der Waals surface area contributed by atoms with Crippen LogP contribution >= 0.6 is 0 Å². The number of nitrogens with zero attached hydrogens (tertiary/aromatic N) is 1. The third-order valence-corrected chi connectivity index (χ3v) is 15.9. The Morgan fingerprint density at radius 1 is 0.840 bits per heavy atom. The van der Waals surface area contributed by atoms with Crippen molar-refractivity contribution < 1.29 is 28.7 Å². The Hall–Kier alpha value is -2.18. The van der Waals surface area contributed by atoms with Crippen LogP contribution in [0.1, 0.15) is 153 Å². The molecule has 5 aliphatic carbocycles. The lowest BCUT2D eigenvalue weighted by atomic mass is 9.33. The number of Topliss-reactive ketones (excluding diaryl/α,β-unsaturated/α-hetero) is 1. The summed E-state index contributed by atoms with van der Waals surface area (Å²) in [4.78, 5) is 55.8. The van der Waals surface area contributed by atoms with Crippen molar-refractivity contribution in [2.75, 3.05) is 13.1 Å². The average molecular weight is 694 g/mol. The molecule has 280 valence electrons. The molecule has 1 heterocycles. The third kappa shape index (κ3) is 5.72. The van der Waals surface area contributed by atoms with Gasteiger partial charge in [0, 0.05) is 38.3 Å². The van der Waals surface area contributed by atoms with E-state index in [-0.39, 0.29) is 69.1 Å². The molecule has 6 aliphatic rings. The first-order chi connectivity index (χ1) is 23.1. The first kappa shape index (κ1) is 37.6. The highest BCUT2D eigenvalue weighted by atomic mass is 16.6. The molecule has 0 aromatic rings. The van der Waals surface area contributed by atoms with Crippen molar-refractivity contribution >= 4 is 23.6 Å². The highest BCUT2D eigenvalue weighted by Gasteiger charge is 2.71. The van der Waals surface area contributed by atoms with Gasteiger partial charge in [-0.05, 0) is 142 Å². The Kier molecular flexibility index (Phi) is 9.36. The Morgan fingerprint density at radius 3 is 2.10 bits per heavy atom. The fourth-order valence-corrected chi connectivity index (χ4v) is 13.5. The standard InChI is InChI=1S/C43H67NO6/c1-26(2)35-30(46)25-43(37(48)44-22-16-28(17-23-44)24-34(47)50-38(4,5)6)21-20-41(10)29(36(35)43)12-13-32-40(9)18-15-33(49-27(3)45)39(7,8)31(40)14-19-42(32,41)11/h26,28-29,31-33H,12-25H2,1-11H3/t29-,31+,32-,33+,40+,41-,42-,43-/m1/s1. The van der Waals surface area contributed by atoms with Crippen molar-refractivity contribution in [3.8, 4) is 0 Å². The Balaban J connectivity index is 1.28. The summed E-state index contributed by atoms with van der Waals surface area (Å²) < 4.78 is 11.5. The van der Waals surface area contributed by atoms with E-state index in [0.29, 0.717) is 37.8 Å². The zero-order valence-electron chi connectivity index (χ0n) is 33.3. The van der Waals surface area contributed by atoms with Crippen LogP contribution in [0, 0.1) is 56.7 Å². The molecule has 0 aromatic carbocycles. The minimum absolute atomic E-state index is 0.00887. The quantitative estimate of drug-likeness (QED) is 0.267. The largest absolute Gasteiger partial charge is 0.462 e. The molecule has 1 amide bonds. The molecule has 50 heavy (non-hydrogen) atoms. The normalized spacial score (nSPS) is 40.1. The van der Waals surface area contributed by atoms with Crippen LogP contribution < -0.4 is 0 Å². The van der Waals surface area contributed by atoms with Gasteiger partial charge in [0.1, 0.15) is 11.7 Å². The maximum atomic E-state index is 15.0. The van der Waals surface area contributed by atoms with E-state index >= 15 is 0 Å². The third-order valence-electron chi connectivity index (χ3n) is 15.9. The summed E-state index contributed by atoms with van der Waals surface area (Å²) in [7, 11) is 0. The number of piperidine rings is 1. The van der Waals surface area contributed by atoms with E-state index < -0.39 is 11.0 Å². The van der Waals surface area contributed by atoms with Gasteiger partial charge in [-0.15, -0.1) is 0 Å². The molecule has 7 nitrogen and oxygen atoms in total. The van der Waals surface area contributed by atoms with Crippen LogP contribution in [-0.4, -0.2) is 53.3 Å². The van der Waals surface area contributed by atoms with Crippen LogP contribution in [0.15, 0.2) is 11.1 Å². The summed E-state index contributed by atoms with van der Waals surface area (Å²) in [6.07, 6.45) is 10.4. The van der Waals surface area contributed by atoms with Gasteiger partial charge in [-0.1, -0.05) is 48.5 Å². The van der Waals surface area contributed by atoms with Gasteiger partial charge in [0.05, 0.1) is 5.41 Å². The van der Waals surface area contributed by atoms with Crippen LogP contribution in [0.2, 0.25) is 0 Å². The van der Waals surface area contributed by atoms with Gasteiger partial charge in [-0.25, -0.2) is 0 Å². The van der Waals surface area contributed by atoms with E-state index in [1.54, 1.807) is 6.92 Å². The predicted octanol–water partition coefficient (Wildman–Crippen LogP) is 8.87. The van der Waals surface area contributed by atoms with E-state index in [0.717, 1.165) is 69.8 Å². The van der Waals surface area contributed by atoms with Gasteiger partial charge < -0.3 is 14.4 Å². The topological polar surface area (TPSA) is 90.0 Å². The van der Waals surface area contributed by atoms with Crippen molar-refractivity contribution in [2.24, 2.45) is 56.7 Å². The molecule has 0 aromatic heterocycles. The van der Waals surface area contributed by atoms with Gasteiger partial charge in [0.15, 0.2) is 5.78 Å². The number of fused-ring (bicyclic) bond motifs is 7. The molecule has 4 saturated carbocycles. The number of allylic oxidation sites excluding steroid dienone is 1. The minimum Gasteiger partial charge on any atom is -0.462 e. The summed E-state index contributed by atoms with van der Waals surface area (Å²) in [6.45, 7) is 25.2. The van der Waals surface area contributed by atoms with Crippen molar-refractivity contribution in [3.63, 3.8) is 0 Å². The zero-order valence-corrected chi connectivity index (χ0v) is 33.3. The molecule has 6 rings (SSSR count). The first-order valence-corrected chi connectivity index (χ1v) is 20.1. The summed E-state index contributed by atoms with van der Waals surface area (Å²) in [5.41, 5.74) is 1.09. The summed E-state index contributed by atoms with van der Waals surface area (Å²) >= 11 is 0. The van der Waals surface area contributed by atoms with E-state index in [4.69, 9.17) is 9.47 Å². The van der Waals surface area contributed by atoms with Gasteiger partial charge in [0.25, 0.3) is 0 Å². The van der Waals surface area contributed by atoms with Gasteiger partial charge in [0.2, 0.25) is 5.91 Å². The molecular formula is C43H67NO6. The van der Waals surface area contributed by atoms with Crippen LogP contribution in [0.25, 0.3) is 0 Å². The second-order valence-corrected chi connectivity index (χ2v) is 20.3. The molecule has 0 spiro atoms. The molecule has 1 saturated heterocycles. The highest BCUT2D eigenvalue weighted by Crippen LogP contribution is 2.77. The number of hydrogen-bond donors (Lipinski definition) is 0. The summed E-state index contributed by atoms with van der Waals surface area (Å²) in [5, 5.41) is 0. The number of rotatable bonds is 5. The lowest BCUT2D eigenvalue weighted by Crippen LogP contribution is -2.66. The number of esters is 2. The lowest BCUT2D eigenvalue weighted by Gasteiger charge is -2.72. The molecule has 7 heteroatoms. The van der Waals surface area contributed by atoms with Crippen LogP contribution in [0.4, 0.5) is 0 Å². The number of amides is 1. The molecule has 0 unspecified atom stereocenters. The number of carbonyl (C=O) groups excluding carboxylic acids is 4. The smallest absolute Gasteiger partial charge is 0.306 e. The number of hydrogen-bond acceptors (Lipinski definition) is 6. The number of ketones is 1. The zero-order chi connectivity index (χ0) is 36.8. The van der Waals surface area contributed by atoms with E-state index in [1.807, 2.05) is 25.7 Å². The van der Waals surface area contributed by atoms with E-state index in [1.165, 1.54) is 5.57 Å². The second-order valence-electron chi connectivity index (χ2n) is 20.3. The van der Waals surface area contributed by atoms with Crippen molar-refractivity contribution in [3.05, 3.63) is 11.1 Å². The fourth-order valence-electron chi connectivity index (χ4n) is 13.5. The van der Waals surface area contributed by atoms with Crippen LogP contribution in [0.5, 0.6) is 0 Å². The van der Waals surface area contributed by atoms with E-state index in [2.05, 4.69) is 48.5 Å². The maximum absolute atomic E-state index is 15.0. The average Bonchev–Trinajstić information content (AvgIpc) is 3.31. The van der Waals surface area contributed by atoms with Crippen molar-refractivity contribution in [2.45, 2.75) is 165 Å². The number of carbonyl (C=O) groups is 4. The van der Waals surface area contributed by atoms with Crippen LogP contribution in [-0.2, 0) is 28.7 Å². The SMILES string of the molecule is CC(=O)O[C@H]1CC[C@]2(C)[C@H]3CC[C@@H]4C5=C(C(C)C)C(=O)C[C@]5(C(=O)N5CCC(CC(=O)OC(C)(C)C)CC5)CC[C@@]4(C)[C@]3(C)CC[C@H]2C1(C)C. The molecule has 5 fully saturated rings. The monoisotopic (exact) mass is 693 g/mol. The first-order valence-electron chi connectivity index (χ1n) is 20.1. The van der Waals surface area contributed by atoms with Gasteiger partial charge >= 0.3 is 11.9 Å². The molecule has 1 aliphatic heterocycles. The Morgan fingerprint density at radius 2 is 1.50 bits per heavy atom. The maximum Gasteiger partial charge on any atom is 0.306 e. The lowest BCUT2D eigenvalue weighted by molar-refractivity contribution is -0.232. The second kappa shape index (κ2) is 12.5. The minimum atomic E-state index is -0.729.